The van der Waals surface area contributed by atoms with Crippen LogP contribution in [0.15, 0.2) is 24.7 Å². The minimum absolute atomic E-state index is 0.00525. The number of carbonyl (C=O) groups excluding carboxylic acids is 1. The molecule has 1 atom stereocenters. The van der Waals surface area contributed by atoms with Crippen molar-refractivity contribution >= 4 is 11.8 Å². The lowest BCUT2D eigenvalue weighted by molar-refractivity contribution is 0.159. The maximum absolute atomic E-state index is 12.6. The second-order valence-electron chi connectivity index (χ2n) is 5.57. The van der Waals surface area contributed by atoms with E-state index in [9.17, 15) is 4.79 Å². The topological polar surface area (TPSA) is 88.1 Å². The molecule has 0 spiro atoms. The minimum Gasteiger partial charge on any atom is -0.383 e. The Morgan fingerprint density at radius 2 is 2.43 bits per heavy atom. The third-order valence-corrected chi connectivity index (χ3v) is 4.00. The molecule has 1 saturated heterocycles. The van der Waals surface area contributed by atoms with Crippen molar-refractivity contribution in [1.29, 1.82) is 0 Å². The third kappa shape index (κ3) is 3.70. The molecule has 3 rings (SSSR count). The van der Waals surface area contributed by atoms with Crippen LogP contribution in [0.3, 0.4) is 0 Å². The van der Waals surface area contributed by atoms with E-state index in [-0.39, 0.29) is 12.1 Å². The number of nitrogens with zero attached hydrogens (tertiary/aromatic N) is 4. The lowest BCUT2D eigenvalue weighted by Gasteiger charge is -2.34. The molecule has 0 unspecified atom stereocenters. The van der Waals surface area contributed by atoms with E-state index in [1.165, 1.54) is 0 Å². The molecule has 23 heavy (non-hydrogen) atoms. The van der Waals surface area contributed by atoms with Crippen molar-refractivity contribution in [2.24, 2.45) is 0 Å². The Hall–Kier alpha value is -2.35. The fourth-order valence-corrected chi connectivity index (χ4v) is 2.84. The molecule has 0 radical (unpaired) electrons. The van der Waals surface area contributed by atoms with Crippen molar-refractivity contribution in [2.45, 2.75) is 31.8 Å². The van der Waals surface area contributed by atoms with E-state index in [0.29, 0.717) is 19.0 Å². The second-order valence-corrected chi connectivity index (χ2v) is 5.57. The van der Waals surface area contributed by atoms with Gasteiger partial charge in [-0.3, -0.25) is 10.00 Å². The Kier molecular flexibility index (Phi) is 4.92. The van der Waals surface area contributed by atoms with Crippen molar-refractivity contribution in [2.75, 3.05) is 25.6 Å². The van der Waals surface area contributed by atoms with Gasteiger partial charge in [0.15, 0.2) is 5.82 Å². The predicted molar refractivity (Wildman–Crippen MR) is 85.0 cm³/mol. The molecule has 8 heteroatoms. The molecule has 1 fully saturated rings. The number of anilines is 1. The number of aromatic nitrogens is 4. The standard InChI is InChI=1S/C15H22N6O2/c1-23-11-10-20-9-5-13(19-20)18-15(22)21-8-3-2-4-12(21)14-16-6-7-17-14/h5-7,9,12H,2-4,8,10-11H2,1H3,(H,16,17)(H,18,19,22)/t12-/m0/s1. The number of aromatic amines is 1. The number of urea groups is 1. The average Bonchev–Trinajstić information content (AvgIpc) is 3.25. The van der Waals surface area contributed by atoms with Crippen LogP contribution in [0.4, 0.5) is 10.6 Å². The van der Waals surface area contributed by atoms with Gasteiger partial charge in [0.1, 0.15) is 5.82 Å². The summed E-state index contributed by atoms with van der Waals surface area (Å²) in [7, 11) is 1.65. The van der Waals surface area contributed by atoms with E-state index in [1.54, 1.807) is 30.3 Å². The molecule has 0 aromatic carbocycles. The SMILES string of the molecule is COCCn1ccc(NC(=O)N2CCCC[C@H]2c2ncc[nH]2)n1. The van der Waals surface area contributed by atoms with Crippen LogP contribution in [-0.2, 0) is 11.3 Å². The van der Waals surface area contributed by atoms with E-state index < -0.39 is 0 Å². The summed E-state index contributed by atoms with van der Waals surface area (Å²) in [5.41, 5.74) is 0. The van der Waals surface area contributed by atoms with Gasteiger partial charge >= 0.3 is 6.03 Å². The molecule has 1 aliphatic rings. The molecular formula is C15H22N6O2. The van der Waals surface area contributed by atoms with E-state index >= 15 is 0 Å². The fourth-order valence-electron chi connectivity index (χ4n) is 2.84. The fraction of sp³-hybridized carbons (Fsp3) is 0.533. The van der Waals surface area contributed by atoms with Crippen molar-refractivity contribution in [3.63, 3.8) is 0 Å². The van der Waals surface area contributed by atoms with Crippen molar-refractivity contribution < 1.29 is 9.53 Å². The summed E-state index contributed by atoms with van der Waals surface area (Å²) in [6, 6.07) is 1.65. The van der Waals surface area contributed by atoms with Crippen molar-refractivity contribution in [3.05, 3.63) is 30.5 Å². The molecule has 2 aromatic rings. The van der Waals surface area contributed by atoms with Gasteiger partial charge in [-0.15, -0.1) is 0 Å². The summed E-state index contributed by atoms with van der Waals surface area (Å²) in [5, 5.41) is 7.20. The largest absolute Gasteiger partial charge is 0.383 e. The zero-order chi connectivity index (χ0) is 16.1. The third-order valence-electron chi connectivity index (χ3n) is 4.00. The molecule has 3 heterocycles. The summed E-state index contributed by atoms with van der Waals surface area (Å²) in [4.78, 5) is 21.8. The number of ether oxygens (including phenoxy) is 1. The van der Waals surface area contributed by atoms with Crippen LogP contribution in [0.5, 0.6) is 0 Å². The quantitative estimate of drug-likeness (QED) is 0.882. The van der Waals surface area contributed by atoms with Crippen LogP contribution >= 0.6 is 0 Å². The van der Waals surface area contributed by atoms with Crippen LogP contribution in [0.2, 0.25) is 0 Å². The van der Waals surface area contributed by atoms with E-state index in [4.69, 9.17) is 4.74 Å². The van der Waals surface area contributed by atoms with Gasteiger partial charge < -0.3 is 14.6 Å². The normalized spacial score (nSPS) is 18.1. The first-order chi connectivity index (χ1) is 11.3. The number of H-pyrrole nitrogens is 1. The molecule has 8 nitrogen and oxygen atoms in total. The van der Waals surface area contributed by atoms with Gasteiger partial charge in [-0.2, -0.15) is 5.10 Å². The Morgan fingerprint density at radius 1 is 1.52 bits per heavy atom. The number of likely N-dealkylation sites (tertiary alicyclic amines) is 1. The number of hydrogen-bond donors (Lipinski definition) is 2. The van der Waals surface area contributed by atoms with E-state index in [2.05, 4.69) is 20.4 Å². The van der Waals surface area contributed by atoms with Gasteiger partial charge in [0, 0.05) is 38.3 Å². The zero-order valence-electron chi connectivity index (χ0n) is 13.2. The molecule has 0 aliphatic carbocycles. The molecule has 1 aliphatic heterocycles. The first-order valence-corrected chi connectivity index (χ1v) is 7.87. The summed E-state index contributed by atoms with van der Waals surface area (Å²) in [6.07, 6.45) is 8.36. The van der Waals surface area contributed by atoms with Crippen LogP contribution in [0.25, 0.3) is 0 Å². The van der Waals surface area contributed by atoms with Gasteiger partial charge in [0.25, 0.3) is 0 Å². The zero-order valence-corrected chi connectivity index (χ0v) is 13.2. The highest BCUT2D eigenvalue weighted by molar-refractivity contribution is 5.88. The number of rotatable bonds is 5. The molecule has 0 saturated carbocycles. The number of amides is 2. The highest BCUT2D eigenvalue weighted by Crippen LogP contribution is 2.29. The highest BCUT2D eigenvalue weighted by Gasteiger charge is 2.29. The number of nitrogens with one attached hydrogen (secondary N) is 2. The molecule has 0 bridgehead atoms. The Bertz CT molecular complexity index is 624. The maximum Gasteiger partial charge on any atom is 0.323 e. The minimum atomic E-state index is -0.136. The maximum atomic E-state index is 12.6. The second kappa shape index (κ2) is 7.28. The molecule has 2 amide bonds. The van der Waals surface area contributed by atoms with Crippen molar-refractivity contribution in [1.82, 2.24) is 24.6 Å². The Labute approximate surface area is 134 Å². The summed E-state index contributed by atoms with van der Waals surface area (Å²) >= 11 is 0. The smallest absolute Gasteiger partial charge is 0.323 e. The number of piperidine rings is 1. The Balaban J connectivity index is 1.65. The summed E-state index contributed by atoms with van der Waals surface area (Å²) < 4.78 is 6.77. The number of imidazole rings is 1. The van der Waals surface area contributed by atoms with Gasteiger partial charge in [-0.05, 0) is 19.3 Å². The lowest BCUT2D eigenvalue weighted by Crippen LogP contribution is -2.41. The monoisotopic (exact) mass is 318 g/mol. The first-order valence-electron chi connectivity index (χ1n) is 7.87. The average molecular weight is 318 g/mol. The number of hydrogen-bond acceptors (Lipinski definition) is 4. The van der Waals surface area contributed by atoms with E-state index in [0.717, 1.165) is 31.6 Å². The van der Waals surface area contributed by atoms with Crippen LogP contribution in [0, 0.1) is 0 Å². The van der Waals surface area contributed by atoms with E-state index in [1.807, 2.05) is 11.1 Å². The van der Waals surface area contributed by atoms with Gasteiger partial charge in [-0.1, -0.05) is 0 Å². The molecule has 2 N–H and O–H groups in total. The first kappa shape index (κ1) is 15.5. The van der Waals surface area contributed by atoms with Gasteiger partial charge in [-0.25, -0.2) is 9.78 Å². The van der Waals surface area contributed by atoms with Crippen molar-refractivity contribution in [3.8, 4) is 0 Å². The van der Waals surface area contributed by atoms with Gasteiger partial charge in [0.2, 0.25) is 0 Å². The molecule has 2 aromatic heterocycles. The Morgan fingerprint density at radius 3 is 3.22 bits per heavy atom. The predicted octanol–water partition coefficient (Wildman–Crippen LogP) is 2.01. The molecular weight excluding hydrogens is 296 g/mol. The number of methoxy groups -OCH3 is 1. The lowest BCUT2D eigenvalue weighted by atomic mass is 10.0. The summed E-state index contributed by atoms with van der Waals surface area (Å²) in [5.74, 6) is 1.39. The highest BCUT2D eigenvalue weighted by atomic mass is 16.5. The van der Waals surface area contributed by atoms with Crippen LogP contribution < -0.4 is 5.32 Å². The summed E-state index contributed by atoms with van der Waals surface area (Å²) in [6.45, 7) is 1.97. The number of carbonyl (C=O) groups is 1. The molecule has 124 valence electrons. The van der Waals surface area contributed by atoms with Crippen LogP contribution in [0.1, 0.15) is 31.1 Å². The van der Waals surface area contributed by atoms with Crippen LogP contribution in [-0.4, -0.2) is 50.9 Å². The van der Waals surface area contributed by atoms with Gasteiger partial charge in [0.05, 0.1) is 19.2 Å².